The predicted molar refractivity (Wildman–Crippen MR) is 193 cm³/mol. The van der Waals surface area contributed by atoms with Gasteiger partial charge >= 0.3 is 0 Å². The van der Waals surface area contributed by atoms with Crippen LogP contribution in [-0.4, -0.2) is 31.5 Å². The fourth-order valence-corrected chi connectivity index (χ4v) is 7.01. The van der Waals surface area contributed by atoms with Crippen molar-refractivity contribution < 1.29 is 23.2 Å². The van der Waals surface area contributed by atoms with Gasteiger partial charge in [-0.1, -0.05) is 121 Å². The van der Waals surface area contributed by atoms with Crippen molar-refractivity contribution in [2.45, 2.75) is 44.7 Å². The summed E-state index contributed by atoms with van der Waals surface area (Å²) in [6, 6.07) is 40.5. The first kappa shape index (κ1) is 34.7. The van der Waals surface area contributed by atoms with E-state index in [2.05, 4.69) is 86.0 Å². The Morgan fingerprint density at radius 2 is 0.977 bits per heavy atom. The molecule has 0 bridgehead atoms. The van der Waals surface area contributed by atoms with Gasteiger partial charge in [-0.05, 0) is 66.3 Å². The lowest BCUT2D eigenvalue weighted by Gasteiger charge is -2.33. The third kappa shape index (κ3) is 13.8. The molecule has 0 aliphatic rings. The SMILES string of the molecule is IP(I)SOC[C@@H](OCc1ccccc1)[C@@H](OCc1ccccc1)[C@@H](CNOCc1ccccc1)OCc1ccccc1. The standard InChI is InChI=1S/C33H36I2NO5PS/c34-42(35)43-41-26-32(38-23-28-15-7-2-8-16-28)33(39-24-29-17-9-3-10-18-29)31(37-22-27-13-5-1-6-14-27)21-36-40-25-30-19-11-4-12-20-30/h1-20,31-33,36H,21-26H2/t31-,32-,33+/m1/s1. The molecular formula is C33H36I2NO5PS. The predicted octanol–water partition coefficient (Wildman–Crippen LogP) is 9.23. The molecule has 10 heteroatoms. The summed E-state index contributed by atoms with van der Waals surface area (Å²) in [5.41, 5.74) is 7.46. The number of ether oxygens (including phenoxy) is 3. The largest absolute Gasteiger partial charge is 0.369 e. The average molecular weight is 844 g/mol. The molecule has 0 fully saturated rings. The molecule has 0 aliphatic carbocycles. The summed E-state index contributed by atoms with van der Waals surface area (Å²) in [7, 11) is 0. The van der Waals surface area contributed by atoms with Crippen LogP contribution in [0.2, 0.25) is 0 Å². The van der Waals surface area contributed by atoms with Gasteiger partial charge in [-0.15, -0.1) is 0 Å². The van der Waals surface area contributed by atoms with Crippen molar-refractivity contribution in [3.63, 3.8) is 0 Å². The molecule has 0 aliphatic heterocycles. The van der Waals surface area contributed by atoms with E-state index in [1.54, 1.807) is 0 Å². The summed E-state index contributed by atoms with van der Waals surface area (Å²) in [6.45, 7) is 2.43. The van der Waals surface area contributed by atoms with Gasteiger partial charge in [0.05, 0.1) is 39.6 Å². The number of hydrogen-bond donors (Lipinski definition) is 1. The normalized spacial score (nSPS) is 13.6. The average Bonchev–Trinajstić information content (AvgIpc) is 3.05. The molecule has 43 heavy (non-hydrogen) atoms. The quantitative estimate of drug-likeness (QED) is 0.0313. The van der Waals surface area contributed by atoms with Crippen LogP contribution in [0, 0.1) is 0 Å². The van der Waals surface area contributed by atoms with Crippen molar-refractivity contribution >= 4 is 58.2 Å². The molecule has 0 aromatic heterocycles. The molecular weight excluding hydrogens is 807 g/mol. The molecule has 0 radical (unpaired) electrons. The highest BCUT2D eigenvalue weighted by Crippen LogP contribution is 2.65. The van der Waals surface area contributed by atoms with Crippen LogP contribution in [0.4, 0.5) is 0 Å². The number of halogens is 2. The molecule has 0 heterocycles. The van der Waals surface area contributed by atoms with E-state index in [4.69, 9.17) is 23.2 Å². The zero-order valence-electron chi connectivity index (χ0n) is 23.7. The van der Waals surface area contributed by atoms with Gasteiger partial charge < -0.3 is 18.4 Å². The second-order valence-electron chi connectivity index (χ2n) is 9.62. The number of benzene rings is 4. The van der Waals surface area contributed by atoms with Gasteiger partial charge in [-0.25, -0.2) is 0 Å². The molecule has 4 aromatic rings. The Balaban J connectivity index is 1.54. The van der Waals surface area contributed by atoms with E-state index >= 15 is 0 Å². The van der Waals surface area contributed by atoms with Crippen LogP contribution < -0.4 is 5.48 Å². The first-order valence-electron chi connectivity index (χ1n) is 13.9. The van der Waals surface area contributed by atoms with Crippen LogP contribution >= 0.6 is 58.2 Å². The minimum Gasteiger partial charge on any atom is -0.369 e. The zero-order chi connectivity index (χ0) is 30.0. The summed E-state index contributed by atoms with van der Waals surface area (Å²) in [6.07, 6.45) is -1.28. The molecule has 3 atom stereocenters. The molecule has 228 valence electrons. The van der Waals surface area contributed by atoms with Crippen molar-refractivity contribution in [1.29, 1.82) is 0 Å². The van der Waals surface area contributed by atoms with Gasteiger partial charge in [0.1, 0.15) is 20.7 Å². The summed E-state index contributed by atoms with van der Waals surface area (Å²) in [5.74, 6) is 0. The Morgan fingerprint density at radius 1 is 0.558 bits per heavy atom. The van der Waals surface area contributed by atoms with Crippen LogP contribution in [0.1, 0.15) is 22.3 Å². The Morgan fingerprint density at radius 3 is 1.44 bits per heavy atom. The number of rotatable bonds is 20. The minimum atomic E-state index is -0.462. The lowest BCUT2D eigenvalue weighted by Crippen LogP contribution is -2.49. The van der Waals surface area contributed by atoms with Crippen LogP contribution in [0.3, 0.4) is 0 Å². The third-order valence-electron chi connectivity index (χ3n) is 6.44. The van der Waals surface area contributed by atoms with Crippen molar-refractivity contribution in [1.82, 2.24) is 5.48 Å². The smallest absolute Gasteiger partial charge is 0.114 e. The Kier molecular flexibility index (Phi) is 16.8. The van der Waals surface area contributed by atoms with Gasteiger partial charge in [0.2, 0.25) is 0 Å². The molecule has 0 amide bonds. The first-order valence-corrected chi connectivity index (χ1v) is 22.2. The summed E-state index contributed by atoms with van der Waals surface area (Å²) < 4.78 is 25.5. The molecule has 0 spiro atoms. The summed E-state index contributed by atoms with van der Waals surface area (Å²) in [5, 5.41) is 0. The van der Waals surface area contributed by atoms with E-state index in [-0.39, 0.29) is 2.41 Å². The molecule has 0 saturated heterocycles. The third-order valence-corrected chi connectivity index (χ3v) is 10.3. The van der Waals surface area contributed by atoms with Gasteiger partial charge in [0.25, 0.3) is 0 Å². The maximum Gasteiger partial charge on any atom is 0.114 e. The molecule has 0 saturated carbocycles. The zero-order valence-corrected chi connectivity index (χ0v) is 29.7. The lowest BCUT2D eigenvalue weighted by atomic mass is 10.1. The van der Waals surface area contributed by atoms with E-state index in [0.717, 1.165) is 22.3 Å². The van der Waals surface area contributed by atoms with Gasteiger partial charge in [0.15, 0.2) is 0 Å². The Labute approximate surface area is 286 Å². The van der Waals surface area contributed by atoms with Crippen molar-refractivity contribution in [3.8, 4) is 0 Å². The Bertz CT molecular complexity index is 1270. The highest BCUT2D eigenvalue weighted by atomic mass is 127. The highest BCUT2D eigenvalue weighted by molar-refractivity contribution is 14.3. The van der Waals surface area contributed by atoms with Crippen molar-refractivity contribution in [2.24, 2.45) is 0 Å². The number of hydrogen-bond acceptors (Lipinski definition) is 7. The van der Waals surface area contributed by atoms with E-state index in [1.807, 2.05) is 84.9 Å². The van der Waals surface area contributed by atoms with E-state index < -0.39 is 18.3 Å². The van der Waals surface area contributed by atoms with E-state index in [0.29, 0.717) is 39.6 Å². The monoisotopic (exact) mass is 843 g/mol. The summed E-state index contributed by atoms with van der Waals surface area (Å²) in [4.78, 5) is 5.88. The van der Waals surface area contributed by atoms with Crippen LogP contribution in [0.15, 0.2) is 121 Å². The van der Waals surface area contributed by atoms with Gasteiger partial charge in [-0.3, -0.25) is 4.84 Å². The highest BCUT2D eigenvalue weighted by Gasteiger charge is 2.33. The van der Waals surface area contributed by atoms with E-state index in [9.17, 15) is 0 Å². The number of nitrogens with one attached hydrogen (secondary N) is 1. The molecule has 4 rings (SSSR count). The summed E-state index contributed by atoms with van der Waals surface area (Å²) >= 11 is 6.25. The van der Waals surface area contributed by atoms with Crippen molar-refractivity contribution in [3.05, 3.63) is 144 Å². The van der Waals surface area contributed by atoms with Crippen LogP contribution in [0.25, 0.3) is 0 Å². The fourth-order valence-electron chi connectivity index (χ4n) is 4.27. The van der Waals surface area contributed by atoms with Crippen molar-refractivity contribution in [2.75, 3.05) is 13.2 Å². The Hall–Kier alpha value is -1.12. The topological polar surface area (TPSA) is 58.2 Å². The number of hydroxylamine groups is 1. The fraction of sp³-hybridized carbons (Fsp3) is 0.273. The van der Waals surface area contributed by atoms with E-state index in [1.165, 1.54) is 11.7 Å². The maximum atomic E-state index is 6.67. The maximum absolute atomic E-state index is 6.67. The first-order chi connectivity index (χ1) is 21.2. The minimum absolute atomic E-state index is 0.345. The second kappa shape index (κ2) is 20.8. The lowest BCUT2D eigenvalue weighted by molar-refractivity contribution is -0.164. The molecule has 4 aromatic carbocycles. The molecule has 0 unspecified atom stereocenters. The van der Waals surface area contributed by atoms with Gasteiger partial charge in [-0.2, -0.15) is 5.48 Å². The van der Waals surface area contributed by atoms with Crippen LogP contribution in [-0.2, 0) is 49.7 Å². The van der Waals surface area contributed by atoms with Crippen LogP contribution in [0.5, 0.6) is 0 Å². The van der Waals surface area contributed by atoms with Gasteiger partial charge in [0, 0.05) is 11.7 Å². The molecule has 1 N–H and O–H groups in total. The molecule has 6 nitrogen and oxygen atoms in total. The second-order valence-corrected chi connectivity index (χ2v) is 27.2.